The van der Waals surface area contributed by atoms with Crippen LogP contribution in [0.1, 0.15) is 33.1 Å². The Morgan fingerprint density at radius 3 is 2.89 bits per heavy atom. The van der Waals surface area contributed by atoms with Gasteiger partial charge in [0.05, 0.1) is 0 Å². The van der Waals surface area contributed by atoms with E-state index < -0.39 is 0 Å². The topological polar surface area (TPSA) is 12.4 Å². The first-order valence-corrected chi connectivity index (χ1v) is 3.55. The highest BCUT2D eigenvalue weighted by Gasteiger charge is 2.01. The van der Waals surface area contributed by atoms with Gasteiger partial charge in [0.1, 0.15) is 0 Å². The summed E-state index contributed by atoms with van der Waals surface area (Å²) >= 11 is 0. The second kappa shape index (κ2) is 2.81. The second-order valence-electron chi connectivity index (χ2n) is 2.43. The SMILES string of the molecule is CCC1=C(C)CCC=N1. The van der Waals surface area contributed by atoms with Crippen LogP contribution in [0, 0.1) is 0 Å². The van der Waals surface area contributed by atoms with Gasteiger partial charge < -0.3 is 0 Å². The number of aliphatic imine (C=N–C) groups is 1. The minimum atomic E-state index is 1.09. The average molecular weight is 123 g/mol. The molecule has 1 aliphatic heterocycles. The molecule has 0 aromatic carbocycles. The largest absolute Gasteiger partial charge is 0.266 e. The molecule has 50 valence electrons. The van der Waals surface area contributed by atoms with Crippen molar-refractivity contribution >= 4 is 6.21 Å². The Hall–Kier alpha value is -0.590. The summed E-state index contributed by atoms with van der Waals surface area (Å²) in [6.07, 6.45) is 5.45. The van der Waals surface area contributed by atoms with E-state index in [1.54, 1.807) is 0 Å². The number of nitrogens with zero attached hydrogens (tertiary/aromatic N) is 1. The molecule has 9 heavy (non-hydrogen) atoms. The molecule has 0 spiro atoms. The molecule has 1 heteroatoms. The molecule has 1 nitrogen and oxygen atoms in total. The van der Waals surface area contributed by atoms with Crippen LogP contribution >= 0.6 is 0 Å². The van der Waals surface area contributed by atoms with Gasteiger partial charge in [0.2, 0.25) is 0 Å². The molecule has 0 radical (unpaired) electrons. The number of rotatable bonds is 1. The van der Waals surface area contributed by atoms with E-state index in [0.29, 0.717) is 0 Å². The van der Waals surface area contributed by atoms with Crippen molar-refractivity contribution in [1.82, 2.24) is 0 Å². The van der Waals surface area contributed by atoms with Crippen molar-refractivity contribution in [2.75, 3.05) is 0 Å². The Labute approximate surface area is 56.5 Å². The van der Waals surface area contributed by atoms with E-state index in [0.717, 1.165) is 12.8 Å². The molecule has 1 aliphatic rings. The highest BCUT2D eigenvalue weighted by molar-refractivity contribution is 5.61. The van der Waals surface area contributed by atoms with Crippen LogP contribution in [-0.4, -0.2) is 6.21 Å². The maximum absolute atomic E-state index is 4.28. The quantitative estimate of drug-likeness (QED) is 0.508. The molecule has 0 aliphatic carbocycles. The summed E-state index contributed by atoms with van der Waals surface area (Å²) in [5.41, 5.74) is 2.77. The standard InChI is InChI=1S/C8H13N/c1-3-8-7(2)5-4-6-9-8/h6H,3-5H2,1-2H3. The van der Waals surface area contributed by atoms with Crippen molar-refractivity contribution in [3.8, 4) is 0 Å². The van der Waals surface area contributed by atoms with Crippen molar-refractivity contribution in [3.63, 3.8) is 0 Å². The molecule has 0 atom stereocenters. The van der Waals surface area contributed by atoms with Crippen molar-refractivity contribution in [3.05, 3.63) is 11.3 Å². The van der Waals surface area contributed by atoms with E-state index in [1.807, 2.05) is 6.21 Å². The number of hydrogen-bond acceptors (Lipinski definition) is 1. The fourth-order valence-electron chi connectivity index (χ4n) is 1.10. The predicted molar refractivity (Wildman–Crippen MR) is 40.7 cm³/mol. The molecule has 0 amide bonds. The lowest BCUT2D eigenvalue weighted by atomic mass is 10.1. The molecule has 0 unspecified atom stereocenters. The molecule has 0 fully saturated rings. The van der Waals surface area contributed by atoms with Crippen molar-refractivity contribution in [1.29, 1.82) is 0 Å². The van der Waals surface area contributed by atoms with E-state index in [9.17, 15) is 0 Å². The lowest BCUT2D eigenvalue weighted by Gasteiger charge is -2.08. The van der Waals surface area contributed by atoms with Crippen LogP contribution in [0.3, 0.4) is 0 Å². The van der Waals surface area contributed by atoms with E-state index >= 15 is 0 Å². The van der Waals surface area contributed by atoms with Gasteiger partial charge in [-0.2, -0.15) is 0 Å². The van der Waals surface area contributed by atoms with Crippen LogP contribution in [0.4, 0.5) is 0 Å². The third-order valence-corrected chi connectivity index (χ3v) is 1.72. The number of allylic oxidation sites excluding steroid dienone is 2. The van der Waals surface area contributed by atoms with Gasteiger partial charge >= 0.3 is 0 Å². The fourth-order valence-corrected chi connectivity index (χ4v) is 1.10. The zero-order valence-electron chi connectivity index (χ0n) is 6.15. The average Bonchev–Trinajstić information content (AvgIpc) is 1.89. The lowest BCUT2D eigenvalue weighted by Crippen LogP contribution is -1.92. The molecule has 0 saturated carbocycles. The molecular weight excluding hydrogens is 110 g/mol. The van der Waals surface area contributed by atoms with Gasteiger partial charge in [0.25, 0.3) is 0 Å². The van der Waals surface area contributed by atoms with Gasteiger partial charge in [-0.3, -0.25) is 4.99 Å². The third kappa shape index (κ3) is 1.41. The van der Waals surface area contributed by atoms with Crippen LogP contribution in [-0.2, 0) is 0 Å². The van der Waals surface area contributed by atoms with Gasteiger partial charge in [-0.25, -0.2) is 0 Å². The number of hydrogen-bond donors (Lipinski definition) is 0. The van der Waals surface area contributed by atoms with Crippen LogP contribution in [0.15, 0.2) is 16.3 Å². The molecular formula is C8H13N. The monoisotopic (exact) mass is 123 g/mol. The smallest absolute Gasteiger partial charge is 0.0386 e. The summed E-state index contributed by atoms with van der Waals surface area (Å²) in [5.74, 6) is 0. The lowest BCUT2D eigenvalue weighted by molar-refractivity contribution is 0.908. The van der Waals surface area contributed by atoms with E-state index in [1.165, 1.54) is 17.7 Å². The van der Waals surface area contributed by atoms with Crippen LogP contribution < -0.4 is 0 Å². The van der Waals surface area contributed by atoms with Crippen molar-refractivity contribution in [2.45, 2.75) is 33.1 Å². The summed E-state index contributed by atoms with van der Waals surface area (Å²) in [7, 11) is 0. The van der Waals surface area contributed by atoms with E-state index in [-0.39, 0.29) is 0 Å². The maximum atomic E-state index is 4.28. The highest BCUT2D eigenvalue weighted by Crippen LogP contribution is 2.17. The highest BCUT2D eigenvalue weighted by atomic mass is 14.7. The van der Waals surface area contributed by atoms with Gasteiger partial charge in [0.15, 0.2) is 0 Å². The summed E-state index contributed by atoms with van der Waals surface area (Å²) in [5, 5.41) is 0. The predicted octanol–water partition coefficient (Wildman–Crippen LogP) is 2.54. The summed E-state index contributed by atoms with van der Waals surface area (Å²) < 4.78 is 0. The Bertz CT molecular complexity index is 154. The zero-order valence-corrected chi connectivity index (χ0v) is 6.15. The normalized spacial score (nSPS) is 18.9. The minimum Gasteiger partial charge on any atom is -0.266 e. The van der Waals surface area contributed by atoms with E-state index in [4.69, 9.17) is 0 Å². The summed E-state index contributed by atoms with van der Waals surface area (Å²) in [6, 6.07) is 0. The first-order valence-electron chi connectivity index (χ1n) is 3.55. The van der Waals surface area contributed by atoms with Gasteiger partial charge in [-0.05, 0) is 26.2 Å². The first kappa shape index (κ1) is 6.53. The molecule has 0 aromatic heterocycles. The molecule has 0 bridgehead atoms. The molecule has 0 aromatic rings. The summed E-state index contributed by atoms with van der Waals surface area (Å²) in [4.78, 5) is 4.28. The van der Waals surface area contributed by atoms with Crippen molar-refractivity contribution < 1.29 is 0 Å². The fraction of sp³-hybridized carbons (Fsp3) is 0.625. The Morgan fingerprint density at radius 2 is 2.44 bits per heavy atom. The summed E-state index contributed by atoms with van der Waals surface area (Å²) in [6.45, 7) is 4.33. The van der Waals surface area contributed by atoms with Crippen molar-refractivity contribution in [2.24, 2.45) is 4.99 Å². The van der Waals surface area contributed by atoms with Crippen LogP contribution in [0.25, 0.3) is 0 Å². The van der Waals surface area contributed by atoms with Crippen LogP contribution in [0.2, 0.25) is 0 Å². The van der Waals surface area contributed by atoms with Gasteiger partial charge in [0, 0.05) is 11.9 Å². The Kier molecular flexibility index (Phi) is 2.04. The maximum Gasteiger partial charge on any atom is 0.0386 e. The molecule has 0 saturated heterocycles. The third-order valence-electron chi connectivity index (χ3n) is 1.72. The first-order chi connectivity index (χ1) is 4.34. The molecule has 0 N–H and O–H groups in total. The molecule has 1 rings (SSSR count). The minimum absolute atomic E-state index is 1.09. The van der Waals surface area contributed by atoms with Gasteiger partial charge in [-0.15, -0.1) is 0 Å². The second-order valence-corrected chi connectivity index (χ2v) is 2.43. The zero-order chi connectivity index (χ0) is 6.69. The van der Waals surface area contributed by atoms with Gasteiger partial charge in [-0.1, -0.05) is 12.5 Å². The Balaban J connectivity index is 2.72. The van der Waals surface area contributed by atoms with Crippen LogP contribution in [0.5, 0.6) is 0 Å². The van der Waals surface area contributed by atoms with E-state index in [2.05, 4.69) is 18.8 Å². The Morgan fingerprint density at radius 1 is 1.67 bits per heavy atom. The molecule has 1 heterocycles.